The fourth-order valence-corrected chi connectivity index (χ4v) is 2.51. The van der Waals surface area contributed by atoms with Gasteiger partial charge in [-0.25, -0.2) is 8.42 Å². The van der Waals surface area contributed by atoms with Crippen LogP contribution in [0.15, 0.2) is 0 Å². The van der Waals surface area contributed by atoms with Gasteiger partial charge in [0.2, 0.25) is 0 Å². The van der Waals surface area contributed by atoms with Crippen LogP contribution in [0.1, 0.15) is 0 Å². The Balaban J connectivity index is 6.92. The van der Waals surface area contributed by atoms with Gasteiger partial charge >= 0.3 is 59.2 Å². The average Bonchev–Trinajstić information content (AvgIpc) is 2.57. The lowest BCUT2D eigenvalue weighted by atomic mass is 9.90. The van der Waals surface area contributed by atoms with E-state index in [0.717, 1.165) is 0 Å². The van der Waals surface area contributed by atoms with Crippen LogP contribution in [0.5, 0.6) is 0 Å². The van der Waals surface area contributed by atoms with Gasteiger partial charge in [-0.2, -0.15) is 96.6 Å². The minimum atomic E-state index is -9.19. The number of hydrogen-bond acceptors (Lipinski definition) is 2. The van der Waals surface area contributed by atoms with Crippen LogP contribution in [0, 0.1) is 0 Å². The van der Waals surface area contributed by atoms with Crippen LogP contribution in [0.3, 0.4) is 0 Å². The van der Waals surface area contributed by atoms with Gasteiger partial charge in [0.1, 0.15) is 0 Å². The van der Waals surface area contributed by atoms with Crippen molar-refractivity contribution in [1.29, 1.82) is 0 Å². The molecule has 0 amide bonds. The number of rotatable bonds is 9. The van der Waals surface area contributed by atoms with Crippen LogP contribution in [-0.4, -0.2) is 67.6 Å². The SMILES string of the molecule is O=S(=O)(NC(F)(F)C(F)(F)C(F)(F)C(F)(F)C(F)(F)C(F)(F)C(F)(F)C(F)(F)F)C(F)(F)C(F)(F)F. The third-order valence-electron chi connectivity index (χ3n) is 3.65. The second-order valence-electron chi connectivity index (χ2n) is 6.14. The zero-order valence-corrected chi connectivity index (χ0v) is 15.9. The van der Waals surface area contributed by atoms with Crippen molar-refractivity contribution in [2.24, 2.45) is 0 Å². The number of alkyl halides is 22. The average molecular weight is 617 g/mol. The molecule has 0 aliphatic carbocycles. The molecule has 0 bridgehead atoms. The van der Waals surface area contributed by atoms with Crippen LogP contribution in [-0.2, 0) is 10.0 Å². The third kappa shape index (κ3) is 4.37. The minimum absolute atomic E-state index is 1.91. The molecule has 218 valence electrons. The smallest absolute Gasteiger partial charge is 0.205 e. The molecule has 0 aromatic rings. The van der Waals surface area contributed by atoms with E-state index in [4.69, 9.17) is 0 Å². The topological polar surface area (TPSA) is 46.2 Å². The summed E-state index contributed by atoms with van der Waals surface area (Å²) in [4.78, 5) is 0. The normalized spacial score (nSPS) is 16.9. The highest BCUT2D eigenvalue weighted by molar-refractivity contribution is 7.90. The maximum absolute atomic E-state index is 13.3. The molecule has 0 aromatic heterocycles. The molecule has 0 radical (unpaired) electrons. The van der Waals surface area contributed by atoms with Crippen molar-refractivity contribution in [2.45, 2.75) is 59.2 Å². The summed E-state index contributed by atoms with van der Waals surface area (Å²) in [7, 11) is -8.49. The Hall–Kier alpha value is -1.63. The lowest BCUT2D eigenvalue weighted by Crippen LogP contribution is -2.76. The van der Waals surface area contributed by atoms with Gasteiger partial charge in [-0.1, -0.05) is 0 Å². The van der Waals surface area contributed by atoms with Crippen LogP contribution < -0.4 is 4.72 Å². The molecule has 36 heavy (non-hydrogen) atoms. The molecule has 0 saturated heterocycles. The van der Waals surface area contributed by atoms with Gasteiger partial charge in [0.05, 0.1) is 0 Å². The minimum Gasteiger partial charge on any atom is -0.205 e. The van der Waals surface area contributed by atoms with E-state index >= 15 is 0 Å². The standard InChI is InChI=1S/C10HF22NO2S/c11-1(12,3(15,16)5(19,20)7(23,24)25)2(13,14)4(17,18)6(21,22)9(29,30)33-36(34,35)10(31,32)8(26,27)28/h33H. The fourth-order valence-electron chi connectivity index (χ4n) is 1.61. The van der Waals surface area contributed by atoms with E-state index in [1.807, 2.05) is 0 Å². The van der Waals surface area contributed by atoms with Gasteiger partial charge in [-0.15, -0.1) is 4.72 Å². The molecule has 0 unspecified atom stereocenters. The largest absolute Gasteiger partial charge is 0.470 e. The van der Waals surface area contributed by atoms with E-state index in [1.54, 1.807) is 0 Å². The van der Waals surface area contributed by atoms with Gasteiger partial charge in [-0.05, 0) is 0 Å². The summed E-state index contributed by atoms with van der Waals surface area (Å²) in [6.45, 7) is 0. The summed E-state index contributed by atoms with van der Waals surface area (Å²) in [6.07, 6.45) is -15.6. The third-order valence-corrected chi connectivity index (χ3v) is 5.08. The molecular weight excluding hydrogens is 616 g/mol. The molecule has 0 atom stereocenters. The van der Waals surface area contributed by atoms with E-state index in [1.165, 1.54) is 0 Å². The van der Waals surface area contributed by atoms with E-state index in [2.05, 4.69) is 0 Å². The zero-order valence-electron chi connectivity index (χ0n) is 15.0. The Labute approximate surface area is 180 Å². The first-order chi connectivity index (χ1) is 15.0. The fraction of sp³-hybridized carbons (Fsp3) is 1.00. The molecule has 0 aliphatic heterocycles. The number of halogens is 22. The number of hydrogen-bond donors (Lipinski definition) is 1. The van der Waals surface area contributed by atoms with Gasteiger partial charge in [-0.3, -0.25) is 0 Å². The van der Waals surface area contributed by atoms with Gasteiger partial charge in [0, 0.05) is 0 Å². The maximum atomic E-state index is 13.3. The monoisotopic (exact) mass is 617 g/mol. The van der Waals surface area contributed by atoms with Crippen LogP contribution in [0.2, 0.25) is 0 Å². The lowest BCUT2D eigenvalue weighted by Gasteiger charge is -2.42. The Morgan fingerprint density at radius 3 is 0.861 bits per heavy atom. The summed E-state index contributed by atoms with van der Waals surface area (Å²) in [6, 6.07) is -8.22. The highest BCUT2D eigenvalue weighted by Gasteiger charge is 2.95. The summed E-state index contributed by atoms with van der Waals surface area (Å²) in [5, 5.41) is -7.66. The van der Waals surface area contributed by atoms with Crippen LogP contribution in [0.4, 0.5) is 96.6 Å². The molecule has 3 nitrogen and oxygen atoms in total. The highest BCUT2D eigenvalue weighted by atomic mass is 32.2. The second kappa shape index (κ2) is 8.18. The first kappa shape index (κ1) is 34.4. The van der Waals surface area contributed by atoms with E-state index in [0.29, 0.717) is 0 Å². The van der Waals surface area contributed by atoms with E-state index < -0.39 is 73.9 Å². The molecule has 0 fully saturated rings. The van der Waals surface area contributed by atoms with Crippen molar-refractivity contribution < 1.29 is 105 Å². The van der Waals surface area contributed by atoms with E-state index in [-0.39, 0.29) is 0 Å². The van der Waals surface area contributed by atoms with Crippen molar-refractivity contribution >= 4 is 10.0 Å². The zero-order chi connectivity index (χ0) is 30.2. The molecule has 26 heteroatoms. The Morgan fingerprint density at radius 1 is 0.361 bits per heavy atom. The number of sulfonamides is 1. The summed E-state index contributed by atoms with van der Waals surface area (Å²) < 4.78 is 300. The summed E-state index contributed by atoms with van der Waals surface area (Å²) >= 11 is 0. The van der Waals surface area contributed by atoms with Crippen molar-refractivity contribution in [3.8, 4) is 0 Å². The molecule has 0 saturated carbocycles. The van der Waals surface area contributed by atoms with Crippen molar-refractivity contribution in [3.05, 3.63) is 0 Å². The van der Waals surface area contributed by atoms with Crippen LogP contribution >= 0.6 is 0 Å². The molecule has 0 spiro atoms. The lowest BCUT2D eigenvalue weighted by molar-refractivity contribution is -0.462. The van der Waals surface area contributed by atoms with Gasteiger partial charge < -0.3 is 0 Å². The predicted octanol–water partition coefficient (Wildman–Crippen LogP) is 6.03. The van der Waals surface area contributed by atoms with Crippen molar-refractivity contribution in [2.75, 3.05) is 0 Å². The first-order valence-corrected chi connectivity index (χ1v) is 8.63. The van der Waals surface area contributed by atoms with Crippen LogP contribution in [0.25, 0.3) is 0 Å². The van der Waals surface area contributed by atoms with Gasteiger partial charge in [0.25, 0.3) is 10.0 Å². The highest BCUT2D eigenvalue weighted by Crippen LogP contribution is 2.63. The molecular formula is C10HF22NO2S. The Kier molecular flexibility index (Phi) is 7.81. The molecule has 0 aromatic carbocycles. The van der Waals surface area contributed by atoms with Gasteiger partial charge in [0.15, 0.2) is 0 Å². The first-order valence-electron chi connectivity index (χ1n) is 7.15. The van der Waals surface area contributed by atoms with E-state index in [9.17, 15) is 105 Å². The molecule has 0 aliphatic rings. The summed E-state index contributed by atoms with van der Waals surface area (Å²) in [5.74, 6) is -53.7. The quantitative estimate of drug-likeness (QED) is 0.254. The maximum Gasteiger partial charge on any atom is 0.470 e. The number of nitrogens with one attached hydrogen (secondary N) is 1. The Bertz CT molecular complexity index is 925. The predicted molar refractivity (Wildman–Crippen MR) is 63.7 cm³/mol. The molecule has 1 N–H and O–H groups in total. The van der Waals surface area contributed by atoms with Crippen molar-refractivity contribution in [3.63, 3.8) is 0 Å². The Morgan fingerprint density at radius 2 is 0.611 bits per heavy atom. The molecule has 0 heterocycles. The summed E-state index contributed by atoms with van der Waals surface area (Å²) in [5.41, 5.74) is 0. The van der Waals surface area contributed by atoms with Crippen molar-refractivity contribution in [1.82, 2.24) is 4.72 Å². The second-order valence-corrected chi connectivity index (χ2v) is 7.86. The molecule has 0 rings (SSSR count).